The SMILES string of the molecule is CCOC(=O)/C=C/C=C(\C)C=C=C1C(C)(C)C[C@H](O)C[C@@]1(C)O. The van der Waals surface area contributed by atoms with Gasteiger partial charge in [-0.2, -0.15) is 0 Å². The lowest BCUT2D eigenvalue weighted by Gasteiger charge is -2.43. The molecule has 128 valence electrons. The minimum atomic E-state index is -1.07. The molecule has 0 heterocycles. The van der Waals surface area contributed by atoms with Crippen LogP contribution in [-0.4, -0.2) is 34.5 Å². The first-order valence-corrected chi connectivity index (χ1v) is 7.98. The number of ether oxygens (including phenoxy) is 1. The van der Waals surface area contributed by atoms with Gasteiger partial charge in [-0.1, -0.05) is 26.0 Å². The van der Waals surface area contributed by atoms with Crippen LogP contribution in [0.15, 0.2) is 41.2 Å². The highest BCUT2D eigenvalue weighted by molar-refractivity contribution is 5.82. The zero-order valence-electron chi connectivity index (χ0n) is 14.7. The zero-order chi connectivity index (χ0) is 17.7. The average molecular weight is 320 g/mol. The second-order valence-corrected chi connectivity index (χ2v) is 6.91. The highest BCUT2D eigenvalue weighted by Crippen LogP contribution is 2.45. The summed E-state index contributed by atoms with van der Waals surface area (Å²) in [7, 11) is 0. The molecule has 4 nitrogen and oxygen atoms in total. The largest absolute Gasteiger partial charge is 0.463 e. The number of hydrogen-bond donors (Lipinski definition) is 2. The lowest BCUT2D eigenvalue weighted by molar-refractivity contribution is -0.137. The summed E-state index contributed by atoms with van der Waals surface area (Å²) in [5, 5.41) is 20.5. The summed E-state index contributed by atoms with van der Waals surface area (Å²) in [6.07, 6.45) is 6.98. The average Bonchev–Trinajstić information content (AvgIpc) is 2.35. The van der Waals surface area contributed by atoms with Gasteiger partial charge in [-0.25, -0.2) is 4.79 Å². The molecule has 1 aliphatic carbocycles. The van der Waals surface area contributed by atoms with Crippen LogP contribution in [0.2, 0.25) is 0 Å². The van der Waals surface area contributed by atoms with E-state index in [1.807, 2.05) is 20.8 Å². The Morgan fingerprint density at radius 2 is 2.04 bits per heavy atom. The summed E-state index contributed by atoms with van der Waals surface area (Å²) in [6.45, 7) is 9.72. The van der Waals surface area contributed by atoms with Crippen molar-refractivity contribution in [3.05, 3.63) is 41.2 Å². The monoisotopic (exact) mass is 320 g/mol. The molecule has 0 bridgehead atoms. The number of carbonyl (C=O) groups is 1. The Morgan fingerprint density at radius 3 is 2.61 bits per heavy atom. The maximum Gasteiger partial charge on any atom is 0.330 e. The molecule has 0 aromatic heterocycles. The van der Waals surface area contributed by atoms with Crippen LogP contribution in [0.1, 0.15) is 47.5 Å². The van der Waals surface area contributed by atoms with Gasteiger partial charge in [0.25, 0.3) is 0 Å². The van der Waals surface area contributed by atoms with Crippen LogP contribution in [0.25, 0.3) is 0 Å². The van der Waals surface area contributed by atoms with Crippen molar-refractivity contribution < 1.29 is 19.7 Å². The minimum Gasteiger partial charge on any atom is -0.463 e. The van der Waals surface area contributed by atoms with Crippen molar-refractivity contribution in [2.45, 2.75) is 59.2 Å². The Hall–Kier alpha value is -1.61. The summed E-state index contributed by atoms with van der Waals surface area (Å²) in [6, 6.07) is 0. The summed E-state index contributed by atoms with van der Waals surface area (Å²) in [5.41, 5.74) is 3.49. The number of aliphatic hydroxyl groups excluding tert-OH is 1. The first-order valence-electron chi connectivity index (χ1n) is 7.98. The van der Waals surface area contributed by atoms with Crippen LogP contribution in [0, 0.1) is 5.41 Å². The Labute approximate surface area is 138 Å². The first-order chi connectivity index (χ1) is 10.6. The number of carbonyl (C=O) groups excluding carboxylic acids is 1. The molecule has 1 aliphatic rings. The van der Waals surface area contributed by atoms with E-state index >= 15 is 0 Å². The highest BCUT2D eigenvalue weighted by Gasteiger charge is 2.44. The predicted molar refractivity (Wildman–Crippen MR) is 90.8 cm³/mol. The van der Waals surface area contributed by atoms with E-state index in [0.717, 1.165) is 11.1 Å². The quantitative estimate of drug-likeness (QED) is 0.361. The Balaban J connectivity index is 2.98. The van der Waals surface area contributed by atoms with Gasteiger partial charge in [-0.05, 0) is 44.3 Å². The molecule has 0 aromatic carbocycles. The van der Waals surface area contributed by atoms with E-state index in [9.17, 15) is 15.0 Å². The molecular weight excluding hydrogens is 292 g/mol. The van der Waals surface area contributed by atoms with E-state index in [1.165, 1.54) is 6.08 Å². The minimum absolute atomic E-state index is 0.318. The Morgan fingerprint density at radius 1 is 1.39 bits per heavy atom. The number of rotatable bonds is 4. The molecule has 2 N–H and O–H groups in total. The van der Waals surface area contributed by atoms with E-state index in [1.54, 1.807) is 32.1 Å². The smallest absolute Gasteiger partial charge is 0.330 e. The summed E-state index contributed by atoms with van der Waals surface area (Å²) >= 11 is 0. The third kappa shape index (κ3) is 5.83. The van der Waals surface area contributed by atoms with Gasteiger partial charge < -0.3 is 14.9 Å². The van der Waals surface area contributed by atoms with Crippen molar-refractivity contribution in [2.24, 2.45) is 5.41 Å². The molecule has 0 amide bonds. The molecule has 0 aromatic rings. The fraction of sp³-hybridized carbons (Fsp3) is 0.579. The summed E-state index contributed by atoms with van der Waals surface area (Å²) in [4.78, 5) is 11.2. The van der Waals surface area contributed by atoms with E-state index in [-0.39, 0.29) is 11.4 Å². The molecular formula is C19H28O4. The van der Waals surface area contributed by atoms with Gasteiger partial charge in [-0.15, -0.1) is 5.73 Å². The Kier molecular flexibility index (Phi) is 6.57. The molecule has 1 saturated carbocycles. The van der Waals surface area contributed by atoms with Crippen LogP contribution in [0.5, 0.6) is 0 Å². The van der Waals surface area contributed by atoms with Crippen molar-refractivity contribution in [3.63, 3.8) is 0 Å². The zero-order valence-corrected chi connectivity index (χ0v) is 14.7. The summed E-state index contributed by atoms with van der Waals surface area (Å²) in [5.74, 6) is -0.371. The molecule has 4 heteroatoms. The topological polar surface area (TPSA) is 66.8 Å². The molecule has 0 aliphatic heterocycles. The van der Waals surface area contributed by atoms with Gasteiger partial charge in [0.05, 0.1) is 18.3 Å². The van der Waals surface area contributed by atoms with Crippen LogP contribution < -0.4 is 0 Å². The van der Waals surface area contributed by atoms with Crippen molar-refractivity contribution in [1.29, 1.82) is 0 Å². The number of aliphatic hydroxyl groups is 2. The molecule has 0 saturated heterocycles. The first kappa shape index (κ1) is 19.4. The highest BCUT2D eigenvalue weighted by atomic mass is 16.5. The van der Waals surface area contributed by atoms with Gasteiger partial charge in [0.15, 0.2) is 0 Å². The van der Waals surface area contributed by atoms with Crippen molar-refractivity contribution in [1.82, 2.24) is 0 Å². The molecule has 1 fully saturated rings. The molecule has 1 rings (SSSR count). The predicted octanol–water partition coefficient (Wildman–Crippen LogP) is 3.07. The number of allylic oxidation sites excluding steroid dienone is 3. The van der Waals surface area contributed by atoms with Crippen molar-refractivity contribution in [3.8, 4) is 0 Å². The second-order valence-electron chi connectivity index (χ2n) is 6.91. The van der Waals surface area contributed by atoms with Crippen LogP contribution in [0.3, 0.4) is 0 Å². The normalized spacial score (nSPS) is 27.7. The van der Waals surface area contributed by atoms with E-state index in [2.05, 4.69) is 5.73 Å². The molecule has 23 heavy (non-hydrogen) atoms. The molecule has 2 atom stereocenters. The number of esters is 1. The van der Waals surface area contributed by atoms with E-state index in [4.69, 9.17) is 4.74 Å². The fourth-order valence-corrected chi connectivity index (χ4v) is 3.11. The van der Waals surface area contributed by atoms with Gasteiger partial charge >= 0.3 is 5.97 Å². The number of hydrogen-bond acceptors (Lipinski definition) is 4. The standard InChI is InChI=1S/C19H28O4/c1-6-23-17(21)9-7-8-14(2)10-11-16-18(3,4)12-15(20)13-19(16,5)22/h7-10,15,20,22H,6,12-13H2,1-5H3/b9-7+,14-8+/t11?,15-,19+/m0/s1. The molecule has 0 radical (unpaired) electrons. The fourth-order valence-electron chi connectivity index (χ4n) is 3.11. The third-order valence-electron chi connectivity index (χ3n) is 3.92. The van der Waals surface area contributed by atoms with Gasteiger partial charge in [0.2, 0.25) is 0 Å². The van der Waals surface area contributed by atoms with Crippen LogP contribution in [-0.2, 0) is 9.53 Å². The second kappa shape index (κ2) is 7.78. The van der Waals surface area contributed by atoms with E-state index in [0.29, 0.717) is 19.4 Å². The van der Waals surface area contributed by atoms with Crippen LogP contribution >= 0.6 is 0 Å². The Bertz CT molecular complexity index is 538. The van der Waals surface area contributed by atoms with E-state index < -0.39 is 11.7 Å². The molecule has 0 spiro atoms. The lowest BCUT2D eigenvalue weighted by atomic mass is 9.65. The third-order valence-corrected chi connectivity index (χ3v) is 3.92. The van der Waals surface area contributed by atoms with Crippen molar-refractivity contribution >= 4 is 5.97 Å². The van der Waals surface area contributed by atoms with Gasteiger partial charge in [0.1, 0.15) is 0 Å². The lowest BCUT2D eigenvalue weighted by Crippen LogP contribution is -2.45. The maximum absolute atomic E-state index is 11.2. The van der Waals surface area contributed by atoms with Crippen molar-refractivity contribution in [2.75, 3.05) is 6.61 Å². The maximum atomic E-state index is 11.2. The summed E-state index contributed by atoms with van der Waals surface area (Å²) < 4.78 is 4.80. The van der Waals surface area contributed by atoms with Crippen LogP contribution in [0.4, 0.5) is 0 Å². The van der Waals surface area contributed by atoms with Gasteiger partial charge in [-0.3, -0.25) is 0 Å². The van der Waals surface area contributed by atoms with Gasteiger partial charge in [0, 0.05) is 18.1 Å². The molecule has 0 unspecified atom stereocenters.